The molecule has 1 atom stereocenters. The number of allylic oxidation sites excluding steroid dienone is 2. The highest BCUT2D eigenvalue weighted by molar-refractivity contribution is 7.21. The van der Waals surface area contributed by atoms with Crippen LogP contribution in [0.1, 0.15) is 0 Å². The van der Waals surface area contributed by atoms with Gasteiger partial charge in [0.2, 0.25) is 0 Å². The van der Waals surface area contributed by atoms with E-state index in [1.165, 1.54) is 15.6 Å². The summed E-state index contributed by atoms with van der Waals surface area (Å²) in [5, 5.41) is 7.02. The maximum Gasteiger partial charge on any atom is 0.159 e. The van der Waals surface area contributed by atoms with Gasteiger partial charge >= 0.3 is 0 Å². The van der Waals surface area contributed by atoms with Crippen LogP contribution in [-0.2, 0) is 0 Å². The van der Waals surface area contributed by atoms with Gasteiger partial charge in [-0.15, -0.1) is 11.3 Å². The first-order valence-electron chi connectivity index (χ1n) is 12.7. The molecule has 8 rings (SSSR count). The van der Waals surface area contributed by atoms with Gasteiger partial charge in [0, 0.05) is 28.1 Å². The van der Waals surface area contributed by atoms with Gasteiger partial charge in [0.15, 0.2) is 5.82 Å². The van der Waals surface area contributed by atoms with E-state index in [9.17, 15) is 0 Å². The molecule has 0 aliphatic carbocycles. The Hall–Kier alpha value is -4.74. The SMILES string of the molecule is C1=CC2Nc3c(nc(-c4cccc(-c5cccc(-c6nc7ccccc7s6)c5)c4)c4ccccc34)N2C=C1. The first kappa shape index (κ1) is 21.4. The molecule has 2 aliphatic heterocycles. The topological polar surface area (TPSA) is 41.1 Å². The van der Waals surface area contributed by atoms with E-state index in [1.807, 2.05) is 6.07 Å². The van der Waals surface area contributed by atoms with Crippen LogP contribution in [-0.4, -0.2) is 16.1 Å². The number of para-hydroxylation sites is 1. The zero-order valence-electron chi connectivity index (χ0n) is 20.4. The van der Waals surface area contributed by atoms with Crippen molar-refractivity contribution < 1.29 is 0 Å². The lowest BCUT2D eigenvalue weighted by molar-refractivity contribution is 0.896. The molecule has 0 amide bonds. The van der Waals surface area contributed by atoms with Crippen molar-refractivity contribution in [3.63, 3.8) is 0 Å². The number of anilines is 2. The minimum Gasteiger partial charge on any atom is -0.358 e. The van der Waals surface area contributed by atoms with Crippen LogP contribution in [0, 0.1) is 0 Å². The number of pyridine rings is 1. The minimum atomic E-state index is 0.0951. The summed E-state index contributed by atoms with van der Waals surface area (Å²) in [6.45, 7) is 0. The number of hydrogen-bond acceptors (Lipinski definition) is 5. The normalized spacial score (nSPS) is 15.6. The molecule has 4 heterocycles. The Balaban J connectivity index is 1.24. The maximum absolute atomic E-state index is 5.23. The first-order chi connectivity index (χ1) is 18.8. The number of nitrogens with zero attached hydrogens (tertiary/aromatic N) is 3. The fraction of sp³-hybridized carbons (Fsp3) is 0.0303. The molecule has 2 aliphatic rings. The fourth-order valence-corrected chi connectivity index (χ4v) is 6.40. The highest BCUT2D eigenvalue weighted by Crippen LogP contribution is 2.44. The van der Waals surface area contributed by atoms with Crippen molar-refractivity contribution >= 4 is 43.8 Å². The summed E-state index contributed by atoms with van der Waals surface area (Å²) in [6.07, 6.45) is 8.49. The van der Waals surface area contributed by atoms with Crippen molar-refractivity contribution in [2.24, 2.45) is 0 Å². The minimum absolute atomic E-state index is 0.0951. The third kappa shape index (κ3) is 3.36. The molecule has 180 valence electrons. The second-order valence-electron chi connectivity index (χ2n) is 9.58. The number of aromatic nitrogens is 2. The molecular weight excluding hydrogens is 484 g/mol. The summed E-state index contributed by atoms with van der Waals surface area (Å²) in [6, 6.07) is 34.2. The van der Waals surface area contributed by atoms with Gasteiger partial charge in [-0.25, -0.2) is 9.97 Å². The van der Waals surface area contributed by atoms with Crippen LogP contribution in [0.5, 0.6) is 0 Å². The molecule has 0 saturated carbocycles. The predicted octanol–water partition coefficient (Wildman–Crippen LogP) is 8.49. The van der Waals surface area contributed by atoms with E-state index in [2.05, 4.69) is 126 Å². The van der Waals surface area contributed by atoms with Crippen LogP contribution in [0.2, 0.25) is 0 Å². The van der Waals surface area contributed by atoms with Gasteiger partial charge in [0.05, 0.1) is 21.6 Å². The monoisotopic (exact) mass is 506 g/mol. The highest BCUT2D eigenvalue weighted by Gasteiger charge is 2.30. The van der Waals surface area contributed by atoms with Crippen LogP contribution in [0.3, 0.4) is 0 Å². The zero-order valence-corrected chi connectivity index (χ0v) is 21.2. The average molecular weight is 507 g/mol. The fourth-order valence-electron chi connectivity index (χ4n) is 5.44. The van der Waals surface area contributed by atoms with Crippen molar-refractivity contribution in [2.75, 3.05) is 10.2 Å². The number of rotatable bonds is 3. The summed E-state index contributed by atoms with van der Waals surface area (Å²) in [5.41, 5.74) is 7.70. The first-order valence-corrected chi connectivity index (χ1v) is 13.5. The number of benzene rings is 4. The molecule has 1 unspecified atom stereocenters. The van der Waals surface area contributed by atoms with Crippen LogP contribution in [0.4, 0.5) is 11.5 Å². The number of nitrogens with one attached hydrogen (secondary N) is 1. The lowest BCUT2D eigenvalue weighted by Crippen LogP contribution is -2.30. The van der Waals surface area contributed by atoms with E-state index < -0.39 is 0 Å². The average Bonchev–Trinajstić information content (AvgIpc) is 3.59. The predicted molar refractivity (Wildman–Crippen MR) is 159 cm³/mol. The van der Waals surface area contributed by atoms with Crippen LogP contribution in [0.15, 0.2) is 121 Å². The molecule has 38 heavy (non-hydrogen) atoms. The molecule has 0 fully saturated rings. The molecular formula is C33H22N4S. The molecule has 0 saturated heterocycles. The second-order valence-corrected chi connectivity index (χ2v) is 10.6. The van der Waals surface area contributed by atoms with E-state index in [0.717, 1.165) is 49.8 Å². The van der Waals surface area contributed by atoms with Crippen molar-refractivity contribution in [1.29, 1.82) is 0 Å². The molecule has 2 aromatic heterocycles. The third-order valence-electron chi connectivity index (χ3n) is 7.25. The van der Waals surface area contributed by atoms with E-state index in [1.54, 1.807) is 11.3 Å². The smallest absolute Gasteiger partial charge is 0.159 e. The quantitative estimate of drug-likeness (QED) is 0.261. The number of thiazole rings is 1. The van der Waals surface area contributed by atoms with Crippen molar-refractivity contribution in [2.45, 2.75) is 6.17 Å². The second kappa shape index (κ2) is 8.40. The van der Waals surface area contributed by atoms with Gasteiger partial charge in [0.1, 0.15) is 11.2 Å². The summed E-state index contributed by atoms with van der Waals surface area (Å²) >= 11 is 1.73. The third-order valence-corrected chi connectivity index (χ3v) is 8.34. The van der Waals surface area contributed by atoms with Gasteiger partial charge in [0.25, 0.3) is 0 Å². The van der Waals surface area contributed by atoms with E-state index in [0.29, 0.717) is 0 Å². The molecule has 6 aromatic rings. The van der Waals surface area contributed by atoms with E-state index in [4.69, 9.17) is 9.97 Å². The number of fused-ring (bicyclic) bond motifs is 6. The van der Waals surface area contributed by atoms with Gasteiger partial charge in [-0.1, -0.05) is 78.9 Å². The summed E-state index contributed by atoms with van der Waals surface area (Å²) < 4.78 is 1.21. The summed E-state index contributed by atoms with van der Waals surface area (Å²) in [5.74, 6) is 0.965. The molecule has 4 aromatic carbocycles. The summed E-state index contributed by atoms with van der Waals surface area (Å²) in [7, 11) is 0. The Labute approximate surface area is 224 Å². The standard InChI is InChI=1S/C33H22N4S/c1-2-14-26-25(13-1)30(36-32-31(26)35-29-17-5-6-18-37(29)32)23-11-7-9-21(19-23)22-10-8-12-24(20-22)33-34-27-15-3-4-16-28(27)38-33/h1-20,29,35H. The lowest BCUT2D eigenvalue weighted by Gasteiger charge is -2.21. The Kier molecular flexibility index (Phi) is 4.72. The molecule has 5 heteroatoms. The van der Waals surface area contributed by atoms with Gasteiger partial charge in [-0.3, -0.25) is 0 Å². The van der Waals surface area contributed by atoms with Crippen molar-refractivity contribution in [3.8, 4) is 33.0 Å². The molecule has 0 spiro atoms. The Morgan fingerprint density at radius 3 is 2.29 bits per heavy atom. The Bertz CT molecular complexity index is 1900. The van der Waals surface area contributed by atoms with Crippen LogP contribution < -0.4 is 10.2 Å². The van der Waals surface area contributed by atoms with Gasteiger partial charge in [-0.05, 0) is 47.5 Å². The molecule has 4 nitrogen and oxygen atoms in total. The van der Waals surface area contributed by atoms with Gasteiger partial charge in [-0.2, -0.15) is 0 Å². The highest BCUT2D eigenvalue weighted by atomic mass is 32.1. The number of hydrogen-bond donors (Lipinski definition) is 1. The van der Waals surface area contributed by atoms with E-state index >= 15 is 0 Å². The summed E-state index contributed by atoms with van der Waals surface area (Å²) in [4.78, 5) is 12.3. The maximum atomic E-state index is 5.23. The largest absolute Gasteiger partial charge is 0.358 e. The van der Waals surface area contributed by atoms with E-state index in [-0.39, 0.29) is 6.17 Å². The molecule has 0 bridgehead atoms. The lowest BCUT2D eigenvalue weighted by atomic mass is 9.97. The van der Waals surface area contributed by atoms with Crippen molar-refractivity contribution in [3.05, 3.63) is 121 Å². The molecule has 1 N–H and O–H groups in total. The Morgan fingerprint density at radius 2 is 1.42 bits per heavy atom. The van der Waals surface area contributed by atoms with Crippen LogP contribution >= 0.6 is 11.3 Å². The van der Waals surface area contributed by atoms with Gasteiger partial charge < -0.3 is 10.2 Å². The Morgan fingerprint density at radius 1 is 0.684 bits per heavy atom. The zero-order chi connectivity index (χ0) is 25.1. The van der Waals surface area contributed by atoms with Crippen molar-refractivity contribution in [1.82, 2.24) is 9.97 Å². The molecule has 0 radical (unpaired) electrons. The van der Waals surface area contributed by atoms with Crippen LogP contribution in [0.25, 0.3) is 53.9 Å².